The number of carbonyl (C=O) groups excluding carboxylic acids is 2. The molecule has 0 radical (unpaired) electrons. The van der Waals surface area contributed by atoms with Gasteiger partial charge >= 0.3 is 0 Å². The lowest BCUT2D eigenvalue weighted by atomic mass is 9.77. The second-order valence-corrected chi connectivity index (χ2v) is 19.9. The molecule has 0 amide bonds. The van der Waals surface area contributed by atoms with Crippen molar-refractivity contribution >= 4 is 23.3 Å². The van der Waals surface area contributed by atoms with Gasteiger partial charge in [-0.05, 0) is 140 Å². The highest BCUT2D eigenvalue weighted by atomic mass is 32.2. The number of hydrogen-bond acceptors (Lipinski definition) is 5. The van der Waals surface area contributed by atoms with E-state index < -0.39 is 0 Å². The zero-order chi connectivity index (χ0) is 43.2. The Kier molecular flexibility index (Phi) is 14.4. The van der Waals surface area contributed by atoms with Gasteiger partial charge in [-0.25, -0.2) is 0 Å². The van der Waals surface area contributed by atoms with Crippen molar-refractivity contribution in [2.24, 2.45) is 17.8 Å². The third-order valence-corrected chi connectivity index (χ3v) is 15.5. The number of benzene rings is 5. The largest absolute Gasteiger partial charge is 0.507 e. The van der Waals surface area contributed by atoms with Crippen LogP contribution < -0.4 is 4.74 Å². The minimum Gasteiger partial charge on any atom is -0.507 e. The van der Waals surface area contributed by atoms with Crippen LogP contribution in [0.5, 0.6) is 11.5 Å². The molecule has 0 saturated heterocycles. The predicted octanol–water partition coefficient (Wildman–Crippen LogP) is 15.9. The number of ketones is 2. The zero-order valence-corrected chi connectivity index (χ0v) is 38.4. The van der Waals surface area contributed by atoms with Gasteiger partial charge in [-0.15, -0.1) is 0 Å². The summed E-state index contributed by atoms with van der Waals surface area (Å²) in [5, 5.41) is 12.0. The zero-order valence-electron chi connectivity index (χ0n) is 37.6. The first-order valence-corrected chi connectivity index (χ1v) is 24.7. The lowest BCUT2D eigenvalue weighted by molar-refractivity contribution is 0.0974. The molecule has 8 rings (SSSR count). The monoisotopic (exact) mass is 846 g/mol. The van der Waals surface area contributed by atoms with Gasteiger partial charge in [0.15, 0.2) is 11.6 Å². The number of fused-ring (bicyclic) bond motifs is 2. The van der Waals surface area contributed by atoms with Crippen molar-refractivity contribution in [1.82, 2.24) is 0 Å². The van der Waals surface area contributed by atoms with Crippen LogP contribution in [-0.2, 0) is 0 Å². The molecule has 0 spiro atoms. The predicted molar refractivity (Wildman–Crippen MR) is 256 cm³/mol. The topological polar surface area (TPSA) is 63.6 Å². The smallest absolute Gasteiger partial charge is 0.198 e. The van der Waals surface area contributed by atoms with Crippen molar-refractivity contribution in [3.05, 3.63) is 130 Å². The quantitative estimate of drug-likeness (QED) is 0.0983. The van der Waals surface area contributed by atoms with E-state index in [0.717, 1.165) is 44.7 Å². The summed E-state index contributed by atoms with van der Waals surface area (Å²) >= 11 is 1.46. The molecule has 3 aliphatic carbocycles. The molecule has 1 N–H and O–H groups in total. The van der Waals surface area contributed by atoms with Gasteiger partial charge in [0.25, 0.3) is 0 Å². The van der Waals surface area contributed by atoms with Crippen LogP contribution in [-0.4, -0.2) is 23.3 Å². The van der Waals surface area contributed by atoms with Gasteiger partial charge in [0.2, 0.25) is 0 Å². The average Bonchev–Trinajstić information content (AvgIpc) is 3.29. The summed E-state index contributed by atoms with van der Waals surface area (Å²) in [6.07, 6.45) is 21.1. The standard InChI is InChI=1S/C57H66O4S/c1-5-7-9-13-39-17-19-41(20-18-39)36-61-57-37(3)33-46(34-38(57)4)50-35-51(52-53(56(50)60)55(59)49-16-12-11-15-48(49)54(52)58)62-47-31-29-45(30-32-47)44-27-25-43(26-28-44)42-23-21-40(22-24-42)14-10-8-6-2/h11-12,15-16,25-35,39-42,60H,5-10,13-14,17-24,36H2,1-4H3. The number of ether oxygens (including phenoxy) is 1. The molecule has 5 heteroatoms. The first kappa shape index (κ1) is 44.0. The highest BCUT2D eigenvalue weighted by Gasteiger charge is 2.36. The Labute approximate surface area is 375 Å². The minimum absolute atomic E-state index is 0.0799. The van der Waals surface area contributed by atoms with Crippen LogP contribution >= 0.6 is 11.8 Å². The van der Waals surface area contributed by atoms with Gasteiger partial charge in [-0.1, -0.05) is 150 Å². The van der Waals surface area contributed by atoms with Crippen molar-refractivity contribution < 1.29 is 19.4 Å². The molecular formula is C57H66O4S. The van der Waals surface area contributed by atoms with Crippen LogP contribution in [0.4, 0.5) is 0 Å². The lowest BCUT2D eigenvalue weighted by Gasteiger charge is -2.29. The molecule has 62 heavy (non-hydrogen) atoms. The molecule has 324 valence electrons. The molecule has 0 heterocycles. The number of unbranched alkanes of at least 4 members (excludes halogenated alkanes) is 4. The van der Waals surface area contributed by atoms with E-state index in [1.54, 1.807) is 24.3 Å². The molecule has 0 aromatic heterocycles. The maximum Gasteiger partial charge on any atom is 0.198 e. The molecule has 2 saturated carbocycles. The van der Waals surface area contributed by atoms with E-state index in [0.29, 0.717) is 40.0 Å². The highest BCUT2D eigenvalue weighted by molar-refractivity contribution is 7.99. The molecule has 0 unspecified atom stereocenters. The van der Waals surface area contributed by atoms with E-state index in [1.165, 1.54) is 126 Å². The SMILES string of the molecule is CCCCCC1CCC(COc2c(C)cc(-c3cc(Sc4ccc(-c5ccc(C6CCC(CCCCC)CC6)cc5)cc4)c4c(c3O)C(=O)c3ccccc3C4=O)cc2C)CC1. The van der Waals surface area contributed by atoms with Crippen molar-refractivity contribution in [2.75, 3.05) is 6.61 Å². The molecule has 2 fully saturated rings. The van der Waals surface area contributed by atoms with Crippen LogP contribution in [0.25, 0.3) is 22.3 Å². The van der Waals surface area contributed by atoms with Gasteiger partial charge in [0.1, 0.15) is 11.5 Å². The number of phenols is 1. The fourth-order valence-corrected chi connectivity index (χ4v) is 11.7. The maximum absolute atomic E-state index is 14.3. The third kappa shape index (κ3) is 9.79. The molecular weight excluding hydrogens is 781 g/mol. The summed E-state index contributed by atoms with van der Waals surface area (Å²) in [5.74, 6) is 3.17. The van der Waals surface area contributed by atoms with Crippen LogP contribution in [0.2, 0.25) is 0 Å². The summed E-state index contributed by atoms with van der Waals surface area (Å²) in [7, 11) is 0. The molecule has 0 aliphatic heterocycles. The summed E-state index contributed by atoms with van der Waals surface area (Å²) in [4.78, 5) is 30.1. The molecule has 0 bridgehead atoms. The first-order valence-electron chi connectivity index (χ1n) is 23.9. The molecule has 3 aliphatic rings. The summed E-state index contributed by atoms with van der Waals surface area (Å²) < 4.78 is 6.55. The number of aromatic hydroxyl groups is 1. The fraction of sp³-hybridized carbons (Fsp3) is 0.439. The fourth-order valence-electron chi connectivity index (χ4n) is 10.7. The van der Waals surface area contributed by atoms with E-state index >= 15 is 0 Å². The Morgan fingerprint density at radius 2 is 1.10 bits per heavy atom. The van der Waals surface area contributed by atoms with Crippen molar-refractivity contribution in [3.63, 3.8) is 0 Å². The van der Waals surface area contributed by atoms with E-state index in [4.69, 9.17) is 4.74 Å². The number of aryl methyl sites for hydroxylation is 2. The number of rotatable bonds is 16. The van der Waals surface area contributed by atoms with Gasteiger partial charge in [0.05, 0.1) is 17.7 Å². The first-order chi connectivity index (χ1) is 30.2. The minimum atomic E-state index is -0.330. The van der Waals surface area contributed by atoms with Crippen LogP contribution in [0.1, 0.15) is 171 Å². The van der Waals surface area contributed by atoms with Crippen LogP contribution in [0.15, 0.2) is 101 Å². The van der Waals surface area contributed by atoms with E-state index in [2.05, 4.69) is 76.2 Å². The normalized spacial score (nSPS) is 19.9. The van der Waals surface area contributed by atoms with Gasteiger partial charge in [0, 0.05) is 26.5 Å². The van der Waals surface area contributed by atoms with Crippen molar-refractivity contribution in [2.45, 2.75) is 146 Å². The van der Waals surface area contributed by atoms with Gasteiger partial charge < -0.3 is 9.84 Å². The third-order valence-electron chi connectivity index (χ3n) is 14.4. The highest BCUT2D eigenvalue weighted by Crippen LogP contribution is 2.47. The Bertz CT molecular complexity index is 2320. The van der Waals surface area contributed by atoms with Crippen molar-refractivity contribution in [1.29, 1.82) is 0 Å². The molecule has 4 nitrogen and oxygen atoms in total. The second kappa shape index (κ2) is 20.3. The van der Waals surface area contributed by atoms with Crippen molar-refractivity contribution in [3.8, 4) is 33.8 Å². The summed E-state index contributed by atoms with van der Waals surface area (Å²) in [6.45, 7) is 9.40. The van der Waals surface area contributed by atoms with Crippen LogP contribution in [0, 0.1) is 31.6 Å². The Morgan fingerprint density at radius 1 is 0.581 bits per heavy atom. The summed E-state index contributed by atoms with van der Waals surface area (Å²) in [6, 6.07) is 30.6. The van der Waals surface area contributed by atoms with E-state index in [-0.39, 0.29) is 28.4 Å². The number of phenolic OH excluding ortho intramolecular Hbond substituents is 1. The van der Waals surface area contributed by atoms with Gasteiger partial charge in [-0.2, -0.15) is 0 Å². The molecule has 5 aromatic carbocycles. The Hall–Kier alpha value is -4.61. The Morgan fingerprint density at radius 3 is 1.66 bits per heavy atom. The summed E-state index contributed by atoms with van der Waals surface area (Å²) in [5.41, 5.74) is 8.12. The Balaban J connectivity index is 1.01. The average molecular weight is 847 g/mol. The lowest BCUT2D eigenvalue weighted by Crippen LogP contribution is -2.22. The second-order valence-electron chi connectivity index (χ2n) is 18.8. The van der Waals surface area contributed by atoms with E-state index in [1.807, 2.05) is 18.2 Å². The molecule has 0 atom stereocenters. The maximum atomic E-state index is 14.3. The van der Waals surface area contributed by atoms with Gasteiger partial charge in [-0.3, -0.25) is 9.59 Å². The molecule has 5 aromatic rings. The number of hydrogen-bond donors (Lipinski definition) is 1. The number of carbonyl (C=O) groups is 2. The van der Waals surface area contributed by atoms with Crippen LogP contribution in [0.3, 0.4) is 0 Å². The van der Waals surface area contributed by atoms with E-state index in [9.17, 15) is 14.7 Å².